The predicted molar refractivity (Wildman–Crippen MR) is 125 cm³/mol. The third kappa shape index (κ3) is 4.45. The highest BCUT2D eigenvalue weighted by molar-refractivity contribution is 7.81. The number of hydrogen-bond donors (Lipinski definition) is 3. The largest absolute Gasteiger partial charge is 0.502 e. The minimum Gasteiger partial charge on any atom is -0.502 e. The monoisotopic (exact) mass is 431 g/mol. The van der Waals surface area contributed by atoms with Crippen molar-refractivity contribution in [3.05, 3.63) is 108 Å². The Balaban J connectivity index is 1.82. The van der Waals surface area contributed by atoms with E-state index in [1.54, 1.807) is 29.1 Å². The number of aliphatic hydroxyl groups excluding tert-OH is 2. The molecule has 1 heterocycles. The van der Waals surface area contributed by atoms with Gasteiger partial charge in [0.15, 0.2) is 23.1 Å². The molecule has 0 aliphatic heterocycles. The predicted octanol–water partition coefficient (Wildman–Crippen LogP) is 5.08. The van der Waals surface area contributed by atoms with Crippen molar-refractivity contribution >= 4 is 45.1 Å². The number of rotatable bonds is 5. The van der Waals surface area contributed by atoms with Gasteiger partial charge in [0.2, 0.25) is 0 Å². The fourth-order valence-electron chi connectivity index (χ4n) is 3.36. The molecule has 6 heteroatoms. The Hall–Kier alpha value is -3.61. The maximum Gasteiger partial charge on any atom is 0.288 e. The Morgan fingerprint density at radius 2 is 1.68 bits per heavy atom. The van der Waals surface area contributed by atoms with Gasteiger partial charge in [0, 0.05) is 28.3 Å². The van der Waals surface area contributed by atoms with Crippen LogP contribution in [0.1, 0.15) is 11.1 Å². The van der Waals surface area contributed by atoms with Crippen molar-refractivity contribution in [2.45, 2.75) is 6.61 Å². The minimum absolute atomic E-state index is 0.113. The maximum absolute atomic E-state index is 13.4. The summed E-state index contributed by atoms with van der Waals surface area (Å²) < 4.78 is 15.0. The number of benzene rings is 3. The van der Waals surface area contributed by atoms with Crippen molar-refractivity contribution in [1.29, 1.82) is 0 Å². The lowest BCUT2D eigenvalue weighted by molar-refractivity contribution is -0.576. The van der Waals surface area contributed by atoms with Crippen LogP contribution in [0.3, 0.4) is 0 Å². The number of nitrogens with one attached hydrogen (secondary N) is 1. The molecule has 0 aliphatic rings. The molecule has 4 rings (SSSR count). The lowest BCUT2D eigenvalue weighted by atomic mass is 10.1. The SMILES string of the molecule is OCc1ccc[n+](/C(C(=S)Nc2cccc3ccccc23)=C(/O)c2ccc(F)cc2)c1. The Morgan fingerprint density at radius 1 is 0.935 bits per heavy atom. The van der Waals surface area contributed by atoms with E-state index >= 15 is 0 Å². The zero-order chi connectivity index (χ0) is 21.8. The molecular formula is C25H20FN2O2S+. The van der Waals surface area contributed by atoms with Gasteiger partial charge in [0.25, 0.3) is 5.70 Å². The zero-order valence-electron chi connectivity index (χ0n) is 16.5. The lowest BCUT2D eigenvalue weighted by Gasteiger charge is -2.12. The van der Waals surface area contributed by atoms with Crippen LogP contribution >= 0.6 is 12.2 Å². The summed E-state index contributed by atoms with van der Waals surface area (Å²) in [5, 5.41) is 25.9. The third-order valence-corrected chi connectivity index (χ3v) is 5.19. The number of hydrogen-bond acceptors (Lipinski definition) is 3. The van der Waals surface area contributed by atoms with Gasteiger partial charge in [-0.3, -0.25) is 0 Å². The van der Waals surface area contributed by atoms with Gasteiger partial charge in [-0.1, -0.05) is 48.6 Å². The number of aromatic nitrogens is 1. The third-order valence-electron chi connectivity index (χ3n) is 4.90. The van der Waals surface area contributed by atoms with E-state index in [1.807, 2.05) is 42.5 Å². The van der Waals surface area contributed by atoms with Crippen molar-refractivity contribution in [2.24, 2.45) is 0 Å². The molecule has 0 atom stereocenters. The topological polar surface area (TPSA) is 56.4 Å². The van der Waals surface area contributed by atoms with E-state index in [-0.39, 0.29) is 17.4 Å². The van der Waals surface area contributed by atoms with Crippen LogP contribution in [-0.2, 0) is 6.61 Å². The van der Waals surface area contributed by atoms with Crippen LogP contribution in [-0.4, -0.2) is 15.2 Å². The van der Waals surface area contributed by atoms with Gasteiger partial charge < -0.3 is 15.5 Å². The van der Waals surface area contributed by atoms with E-state index in [0.29, 0.717) is 16.8 Å². The number of fused-ring (bicyclic) bond motifs is 1. The molecule has 31 heavy (non-hydrogen) atoms. The van der Waals surface area contributed by atoms with Gasteiger partial charge in [-0.25, -0.2) is 4.39 Å². The van der Waals surface area contributed by atoms with Crippen molar-refractivity contribution in [1.82, 2.24) is 0 Å². The Kier molecular flexibility index (Phi) is 6.02. The summed E-state index contributed by atoms with van der Waals surface area (Å²) in [6.07, 6.45) is 3.41. The second-order valence-electron chi connectivity index (χ2n) is 6.96. The van der Waals surface area contributed by atoms with Crippen LogP contribution in [0, 0.1) is 5.82 Å². The second kappa shape index (κ2) is 9.04. The zero-order valence-corrected chi connectivity index (χ0v) is 17.3. The fraction of sp³-hybridized carbons (Fsp3) is 0.0400. The summed E-state index contributed by atoms with van der Waals surface area (Å²) in [5.74, 6) is -0.512. The molecular weight excluding hydrogens is 411 g/mol. The average Bonchev–Trinajstić information content (AvgIpc) is 2.80. The van der Waals surface area contributed by atoms with Crippen molar-refractivity contribution in [2.75, 3.05) is 5.32 Å². The number of thiocarbonyl (C=S) groups is 1. The first-order valence-electron chi connectivity index (χ1n) is 9.66. The van der Waals surface area contributed by atoms with Gasteiger partial charge in [-0.15, -0.1) is 0 Å². The number of anilines is 1. The molecule has 3 aromatic carbocycles. The second-order valence-corrected chi connectivity index (χ2v) is 7.37. The van der Waals surface area contributed by atoms with Crippen LogP contribution in [0.5, 0.6) is 0 Å². The molecule has 0 aliphatic carbocycles. The van der Waals surface area contributed by atoms with E-state index in [9.17, 15) is 14.6 Å². The number of halogens is 1. The van der Waals surface area contributed by atoms with Crippen molar-refractivity contribution in [3.8, 4) is 0 Å². The first-order valence-corrected chi connectivity index (χ1v) is 10.1. The molecule has 0 unspecified atom stereocenters. The summed E-state index contributed by atoms with van der Waals surface area (Å²) >= 11 is 5.70. The summed E-state index contributed by atoms with van der Waals surface area (Å²) in [4.78, 5) is 0.276. The van der Waals surface area contributed by atoms with E-state index in [4.69, 9.17) is 12.2 Å². The highest BCUT2D eigenvalue weighted by Crippen LogP contribution is 2.25. The Labute approximate surface area is 184 Å². The smallest absolute Gasteiger partial charge is 0.288 e. The molecule has 4 nitrogen and oxygen atoms in total. The summed E-state index contributed by atoms with van der Waals surface area (Å²) in [6, 6.07) is 22.8. The quantitative estimate of drug-likeness (QED) is 0.178. The van der Waals surface area contributed by atoms with Gasteiger partial charge >= 0.3 is 0 Å². The van der Waals surface area contributed by atoms with Crippen molar-refractivity contribution < 1.29 is 19.2 Å². The molecule has 0 saturated heterocycles. The highest BCUT2D eigenvalue weighted by Gasteiger charge is 2.24. The fourth-order valence-corrected chi connectivity index (χ4v) is 3.68. The van der Waals surface area contributed by atoms with Crippen LogP contribution in [0.15, 0.2) is 91.3 Å². The number of pyridine rings is 1. The summed E-state index contributed by atoms with van der Waals surface area (Å²) in [5.41, 5.74) is 2.18. The van der Waals surface area contributed by atoms with Gasteiger partial charge in [-0.2, -0.15) is 4.57 Å². The van der Waals surface area contributed by atoms with Gasteiger partial charge in [-0.05, 0) is 41.8 Å². The lowest BCUT2D eigenvalue weighted by Crippen LogP contribution is -2.39. The van der Waals surface area contributed by atoms with Crippen LogP contribution < -0.4 is 9.88 Å². The molecule has 0 fully saturated rings. The molecule has 0 spiro atoms. The molecule has 0 amide bonds. The van der Waals surface area contributed by atoms with Gasteiger partial charge in [0.05, 0.1) is 6.61 Å². The molecule has 0 bridgehead atoms. The normalized spacial score (nSPS) is 11.8. The maximum atomic E-state index is 13.4. The molecule has 3 N–H and O–H groups in total. The molecule has 154 valence electrons. The van der Waals surface area contributed by atoms with E-state index in [2.05, 4.69) is 5.32 Å². The molecule has 0 radical (unpaired) electrons. The molecule has 0 saturated carbocycles. The van der Waals surface area contributed by atoms with Crippen molar-refractivity contribution in [3.63, 3.8) is 0 Å². The number of nitrogens with zero attached hydrogens (tertiary/aromatic N) is 1. The average molecular weight is 432 g/mol. The highest BCUT2D eigenvalue weighted by atomic mass is 32.1. The summed E-state index contributed by atoms with van der Waals surface area (Å²) in [7, 11) is 0. The van der Waals surface area contributed by atoms with Crippen LogP contribution in [0.2, 0.25) is 0 Å². The first-order chi connectivity index (χ1) is 15.1. The van der Waals surface area contributed by atoms with E-state index in [0.717, 1.165) is 16.5 Å². The Bertz CT molecular complexity index is 1280. The van der Waals surface area contributed by atoms with E-state index in [1.165, 1.54) is 24.3 Å². The van der Waals surface area contributed by atoms with Gasteiger partial charge in [0.1, 0.15) is 5.82 Å². The Morgan fingerprint density at radius 3 is 2.45 bits per heavy atom. The molecule has 4 aromatic rings. The first kappa shape index (κ1) is 20.7. The number of aliphatic hydroxyl groups is 2. The van der Waals surface area contributed by atoms with Crippen LogP contribution in [0.4, 0.5) is 10.1 Å². The minimum atomic E-state index is -0.399. The molecule has 1 aromatic heterocycles. The standard InChI is InChI=1S/C25H19FN2O2S/c26-20-12-10-19(11-13-20)24(30)23(28-14-4-5-17(15-28)16-29)25(31)27-22-9-3-7-18-6-1-2-8-21(18)22/h1-15,29H,16H2,(H-,27,30,31)/p+1. The van der Waals surface area contributed by atoms with E-state index < -0.39 is 5.82 Å². The summed E-state index contributed by atoms with van der Waals surface area (Å²) in [6.45, 7) is -0.158. The van der Waals surface area contributed by atoms with Crippen LogP contribution in [0.25, 0.3) is 22.2 Å².